The van der Waals surface area contributed by atoms with Crippen LogP contribution in [0.5, 0.6) is 0 Å². The zero-order chi connectivity index (χ0) is 8.10. The first-order valence-electron chi connectivity index (χ1n) is 3.63. The first-order valence-corrected chi connectivity index (χ1v) is 3.63. The predicted molar refractivity (Wildman–Crippen MR) is 54.8 cm³/mol. The summed E-state index contributed by atoms with van der Waals surface area (Å²) in [5, 5.41) is 0. The van der Waals surface area contributed by atoms with Crippen LogP contribution in [0.15, 0.2) is 30.3 Å². The van der Waals surface area contributed by atoms with Gasteiger partial charge in [-0.1, -0.05) is 30.3 Å². The molecule has 0 atom stereocenters. The molecule has 0 aliphatic heterocycles. The van der Waals surface area contributed by atoms with Gasteiger partial charge in [-0.15, -0.1) is 17.0 Å². The van der Waals surface area contributed by atoms with Crippen LogP contribution in [0.4, 0.5) is 0 Å². The Kier molecular flexibility index (Phi) is 5.58. The normalized spacial score (nSPS) is 8.75. The third-order valence-electron chi connectivity index (χ3n) is 1.47. The number of Topliss-reactive ketones (excluding diaryl/α,β-unsaturated/α-hetero) is 1. The molecule has 0 heterocycles. The van der Waals surface area contributed by atoms with E-state index in [-0.39, 0.29) is 22.8 Å². The van der Waals surface area contributed by atoms with E-state index in [1.807, 2.05) is 18.2 Å². The summed E-state index contributed by atoms with van der Waals surface area (Å²) in [5.74, 6) is 0.119. The molecule has 0 spiro atoms. The van der Waals surface area contributed by atoms with Gasteiger partial charge in [-0.2, -0.15) is 0 Å². The van der Waals surface area contributed by atoms with Crippen molar-refractivity contribution in [2.24, 2.45) is 5.73 Å². The number of nitrogens with two attached hydrogens (primary N) is 1. The van der Waals surface area contributed by atoms with E-state index in [0.717, 1.165) is 5.56 Å². The molecule has 0 unspecified atom stereocenters. The smallest absolute Gasteiger partial charge is 0.164 e. The van der Waals surface area contributed by atoms with Crippen molar-refractivity contribution in [2.75, 3.05) is 6.54 Å². The third kappa shape index (κ3) is 3.15. The van der Waals surface area contributed by atoms with Crippen molar-refractivity contribution in [3.05, 3.63) is 35.9 Å². The van der Waals surface area contributed by atoms with Crippen LogP contribution >= 0.6 is 17.0 Å². The van der Waals surface area contributed by atoms with Gasteiger partial charge in [0.1, 0.15) is 0 Å². The van der Waals surface area contributed by atoms with Crippen molar-refractivity contribution in [2.45, 2.75) is 6.42 Å². The van der Waals surface area contributed by atoms with E-state index in [0.29, 0.717) is 13.0 Å². The highest BCUT2D eigenvalue weighted by Crippen LogP contribution is 2.01. The largest absolute Gasteiger partial charge is 0.330 e. The van der Waals surface area contributed by atoms with Gasteiger partial charge in [-0.25, -0.2) is 0 Å². The lowest BCUT2D eigenvalue weighted by molar-refractivity contribution is 0.0985. The summed E-state index contributed by atoms with van der Waals surface area (Å²) in [6.45, 7) is 0.424. The highest BCUT2D eigenvalue weighted by molar-refractivity contribution is 8.93. The minimum absolute atomic E-state index is 0. The molecule has 1 aromatic rings. The number of benzene rings is 1. The van der Waals surface area contributed by atoms with Gasteiger partial charge in [0.2, 0.25) is 0 Å². The van der Waals surface area contributed by atoms with Crippen molar-refractivity contribution >= 4 is 22.8 Å². The quantitative estimate of drug-likeness (QED) is 0.804. The van der Waals surface area contributed by atoms with E-state index < -0.39 is 0 Å². The minimum Gasteiger partial charge on any atom is -0.330 e. The fourth-order valence-corrected chi connectivity index (χ4v) is 0.899. The predicted octanol–water partition coefficient (Wildman–Crippen LogP) is 1.80. The Balaban J connectivity index is 0.00000121. The highest BCUT2D eigenvalue weighted by Gasteiger charge is 2.01. The molecule has 2 N–H and O–H groups in total. The second-order valence-electron chi connectivity index (χ2n) is 2.33. The van der Waals surface area contributed by atoms with E-state index in [9.17, 15) is 4.79 Å². The minimum atomic E-state index is 0. The number of carbonyl (C=O) groups is 1. The van der Waals surface area contributed by atoms with Crippen LogP contribution in [0.1, 0.15) is 16.8 Å². The Hall–Kier alpha value is -0.670. The van der Waals surface area contributed by atoms with Crippen LogP contribution in [0, 0.1) is 0 Å². The Morgan fingerprint density at radius 3 is 2.33 bits per heavy atom. The van der Waals surface area contributed by atoms with E-state index >= 15 is 0 Å². The van der Waals surface area contributed by atoms with Gasteiger partial charge >= 0.3 is 0 Å². The van der Waals surface area contributed by atoms with E-state index in [2.05, 4.69) is 0 Å². The maximum absolute atomic E-state index is 11.2. The van der Waals surface area contributed by atoms with Crippen molar-refractivity contribution < 1.29 is 4.79 Å². The molecule has 0 fully saturated rings. The molecule has 12 heavy (non-hydrogen) atoms. The maximum Gasteiger partial charge on any atom is 0.164 e. The molecule has 0 aliphatic rings. The number of hydrogen-bond donors (Lipinski definition) is 1. The van der Waals surface area contributed by atoms with Crippen molar-refractivity contribution in [1.29, 1.82) is 0 Å². The van der Waals surface area contributed by atoms with E-state index in [1.165, 1.54) is 0 Å². The first kappa shape index (κ1) is 11.3. The van der Waals surface area contributed by atoms with E-state index in [4.69, 9.17) is 5.73 Å². The average molecular weight is 230 g/mol. The first-order chi connectivity index (χ1) is 5.34. The van der Waals surface area contributed by atoms with Crippen molar-refractivity contribution in [1.82, 2.24) is 0 Å². The summed E-state index contributed by atoms with van der Waals surface area (Å²) in [4.78, 5) is 11.2. The number of rotatable bonds is 3. The molecule has 0 bridgehead atoms. The maximum atomic E-state index is 11.2. The highest BCUT2D eigenvalue weighted by atomic mass is 79.9. The summed E-state index contributed by atoms with van der Waals surface area (Å²) in [7, 11) is 0. The second-order valence-corrected chi connectivity index (χ2v) is 2.33. The van der Waals surface area contributed by atoms with E-state index in [1.54, 1.807) is 12.1 Å². The molecule has 0 aromatic heterocycles. The topological polar surface area (TPSA) is 43.1 Å². The zero-order valence-corrected chi connectivity index (χ0v) is 8.41. The monoisotopic (exact) mass is 229 g/mol. The van der Waals surface area contributed by atoms with Crippen molar-refractivity contribution in [3.8, 4) is 0 Å². The van der Waals surface area contributed by atoms with Gasteiger partial charge < -0.3 is 5.73 Å². The lowest BCUT2D eigenvalue weighted by atomic mass is 10.1. The van der Waals surface area contributed by atoms with Crippen LogP contribution in [0.25, 0.3) is 0 Å². The zero-order valence-electron chi connectivity index (χ0n) is 6.69. The number of halogens is 1. The molecular formula is C9H12BrNO. The van der Waals surface area contributed by atoms with Crippen LogP contribution in [-0.4, -0.2) is 12.3 Å². The SMILES string of the molecule is Br.NCCC(=O)c1ccccc1. The summed E-state index contributed by atoms with van der Waals surface area (Å²) in [5.41, 5.74) is 5.99. The fraction of sp³-hybridized carbons (Fsp3) is 0.222. The number of hydrogen-bond acceptors (Lipinski definition) is 2. The van der Waals surface area contributed by atoms with Gasteiger partial charge in [0.15, 0.2) is 5.78 Å². The summed E-state index contributed by atoms with van der Waals surface area (Å²) in [6.07, 6.45) is 0.435. The molecule has 1 rings (SSSR count). The molecule has 0 amide bonds. The Morgan fingerprint density at radius 2 is 1.83 bits per heavy atom. The molecule has 1 aromatic carbocycles. The van der Waals surface area contributed by atoms with Gasteiger partial charge in [-0.05, 0) is 6.54 Å². The van der Waals surface area contributed by atoms with Gasteiger partial charge in [0, 0.05) is 12.0 Å². The lowest BCUT2D eigenvalue weighted by Gasteiger charge is -1.96. The second kappa shape index (κ2) is 5.91. The molecule has 2 nitrogen and oxygen atoms in total. The summed E-state index contributed by atoms with van der Waals surface area (Å²) >= 11 is 0. The summed E-state index contributed by atoms with van der Waals surface area (Å²) in [6, 6.07) is 9.20. The standard InChI is InChI=1S/C9H11NO.BrH/c10-7-6-9(11)8-4-2-1-3-5-8;/h1-5H,6-7,10H2;1H. The van der Waals surface area contributed by atoms with Crippen LogP contribution < -0.4 is 5.73 Å². The Morgan fingerprint density at radius 1 is 1.25 bits per heavy atom. The fourth-order valence-electron chi connectivity index (χ4n) is 0.899. The molecule has 0 saturated carbocycles. The van der Waals surface area contributed by atoms with Gasteiger partial charge in [0.05, 0.1) is 0 Å². The number of carbonyl (C=O) groups excluding carboxylic acids is 1. The van der Waals surface area contributed by atoms with Crippen LogP contribution in [-0.2, 0) is 0 Å². The molecular weight excluding hydrogens is 218 g/mol. The Bertz CT molecular complexity index is 236. The molecule has 0 radical (unpaired) electrons. The molecule has 0 saturated heterocycles. The molecule has 66 valence electrons. The Labute approximate surface area is 82.5 Å². The van der Waals surface area contributed by atoms with Crippen LogP contribution in [0.3, 0.4) is 0 Å². The lowest BCUT2D eigenvalue weighted by Crippen LogP contribution is -2.07. The summed E-state index contributed by atoms with van der Waals surface area (Å²) < 4.78 is 0. The van der Waals surface area contributed by atoms with Crippen molar-refractivity contribution in [3.63, 3.8) is 0 Å². The van der Waals surface area contributed by atoms with Gasteiger partial charge in [0.25, 0.3) is 0 Å². The number of ketones is 1. The third-order valence-corrected chi connectivity index (χ3v) is 1.47. The van der Waals surface area contributed by atoms with Gasteiger partial charge in [-0.3, -0.25) is 4.79 Å². The van der Waals surface area contributed by atoms with Crippen LogP contribution in [0.2, 0.25) is 0 Å². The molecule has 3 heteroatoms. The average Bonchev–Trinajstić information content (AvgIpc) is 2.07. The molecule has 0 aliphatic carbocycles.